The predicted octanol–water partition coefficient (Wildman–Crippen LogP) is 3.54. The molecule has 5 nitrogen and oxygen atoms in total. The lowest BCUT2D eigenvalue weighted by molar-refractivity contribution is 0.252. The van der Waals surface area contributed by atoms with E-state index < -0.39 is 0 Å². The van der Waals surface area contributed by atoms with Gasteiger partial charge in [-0.15, -0.1) is 11.3 Å². The summed E-state index contributed by atoms with van der Waals surface area (Å²) in [5.74, 6) is 0. The topological polar surface area (TPSA) is 57.3 Å². The number of urea groups is 1. The van der Waals surface area contributed by atoms with Gasteiger partial charge in [0.15, 0.2) is 0 Å². The summed E-state index contributed by atoms with van der Waals surface area (Å²) in [6.45, 7) is 5.59. The minimum Gasteiger partial charge on any atom is -0.376 e. The fourth-order valence-corrected chi connectivity index (χ4v) is 3.41. The fourth-order valence-electron chi connectivity index (χ4n) is 2.64. The number of carbonyl (C=O) groups is 1. The Balaban J connectivity index is 1.84. The molecule has 116 valence electrons. The van der Waals surface area contributed by atoms with Crippen molar-refractivity contribution >= 4 is 28.7 Å². The van der Waals surface area contributed by atoms with Crippen LogP contribution >= 0.6 is 11.3 Å². The summed E-state index contributed by atoms with van der Waals surface area (Å²) in [4.78, 5) is 18.1. The zero-order chi connectivity index (χ0) is 15.5. The largest absolute Gasteiger partial charge is 0.376 e. The Kier molecular flexibility index (Phi) is 4.29. The SMILES string of the molecule is CCC(Nc1ccc(C)c(N2CCNC2=O)c1)c1nccs1. The van der Waals surface area contributed by atoms with E-state index in [1.165, 1.54) is 0 Å². The summed E-state index contributed by atoms with van der Waals surface area (Å²) in [5.41, 5.74) is 3.08. The second-order valence-corrected chi connectivity index (χ2v) is 6.29. The van der Waals surface area contributed by atoms with Crippen molar-refractivity contribution in [2.75, 3.05) is 23.3 Å². The molecule has 1 aliphatic rings. The highest BCUT2D eigenvalue weighted by molar-refractivity contribution is 7.09. The first-order valence-corrected chi connectivity index (χ1v) is 8.39. The van der Waals surface area contributed by atoms with Gasteiger partial charge >= 0.3 is 6.03 Å². The van der Waals surface area contributed by atoms with E-state index in [2.05, 4.69) is 40.7 Å². The van der Waals surface area contributed by atoms with Crippen LogP contribution in [0.5, 0.6) is 0 Å². The average Bonchev–Trinajstić information content (AvgIpc) is 3.18. The number of aromatic nitrogens is 1. The van der Waals surface area contributed by atoms with Crippen molar-refractivity contribution in [2.24, 2.45) is 0 Å². The van der Waals surface area contributed by atoms with Gasteiger partial charge in [-0.1, -0.05) is 13.0 Å². The molecule has 2 aromatic rings. The van der Waals surface area contributed by atoms with Crippen LogP contribution < -0.4 is 15.5 Å². The van der Waals surface area contributed by atoms with E-state index in [9.17, 15) is 4.79 Å². The van der Waals surface area contributed by atoms with E-state index >= 15 is 0 Å². The number of nitrogens with zero attached hydrogens (tertiary/aromatic N) is 2. The molecule has 1 aliphatic heterocycles. The second-order valence-electron chi connectivity index (χ2n) is 5.36. The number of rotatable bonds is 5. The van der Waals surface area contributed by atoms with Gasteiger partial charge in [-0.2, -0.15) is 0 Å². The van der Waals surface area contributed by atoms with Gasteiger partial charge in [0.1, 0.15) is 5.01 Å². The zero-order valence-electron chi connectivity index (χ0n) is 12.8. The van der Waals surface area contributed by atoms with Crippen molar-refractivity contribution < 1.29 is 4.79 Å². The van der Waals surface area contributed by atoms with Gasteiger partial charge in [0, 0.05) is 30.4 Å². The molecule has 1 saturated heterocycles. The number of thiazole rings is 1. The summed E-state index contributed by atoms with van der Waals surface area (Å²) in [5, 5.41) is 9.46. The molecule has 0 spiro atoms. The van der Waals surface area contributed by atoms with Gasteiger partial charge in [0.25, 0.3) is 0 Å². The molecule has 1 fully saturated rings. The number of hydrogen-bond acceptors (Lipinski definition) is 4. The molecule has 6 heteroatoms. The van der Waals surface area contributed by atoms with E-state index in [0.29, 0.717) is 13.1 Å². The predicted molar refractivity (Wildman–Crippen MR) is 90.7 cm³/mol. The van der Waals surface area contributed by atoms with Crippen molar-refractivity contribution in [3.8, 4) is 0 Å². The van der Waals surface area contributed by atoms with Gasteiger partial charge in [-0.05, 0) is 31.0 Å². The van der Waals surface area contributed by atoms with Gasteiger partial charge in [0.2, 0.25) is 0 Å². The number of anilines is 2. The highest BCUT2D eigenvalue weighted by Gasteiger charge is 2.23. The van der Waals surface area contributed by atoms with E-state index in [0.717, 1.165) is 28.4 Å². The normalized spacial score (nSPS) is 15.7. The molecule has 22 heavy (non-hydrogen) atoms. The third-order valence-corrected chi connectivity index (χ3v) is 4.74. The Bertz CT molecular complexity index is 656. The van der Waals surface area contributed by atoms with E-state index in [-0.39, 0.29) is 12.1 Å². The van der Waals surface area contributed by atoms with Crippen LogP contribution in [0.3, 0.4) is 0 Å². The maximum absolute atomic E-state index is 11.9. The van der Waals surface area contributed by atoms with Crippen LogP contribution in [0.4, 0.5) is 16.2 Å². The molecule has 1 aromatic carbocycles. The molecule has 1 aromatic heterocycles. The number of aryl methyl sites for hydroxylation is 1. The Morgan fingerprint density at radius 2 is 2.36 bits per heavy atom. The first kappa shape index (κ1) is 14.8. The van der Waals surface area contributed by atoms with E-state index in [4.69, 9.17) is 0 Å². The maximum atomic E-state index is 11.9. The van der Waals surface area contributed by atoms with Crippen LogP contribution in [0.15, 0.2) is 29.8 Å². The van der Waals surface area contributed by atoms with Crippen LogP contribution in [-0.2, 0) is 0 Å². The molecule has 2 amide bonds. The molecule has 2 heterocycles. The molecular formula is C16H20N4OS. The Morgan fingerprint density at radius 3 is 3.00 bits per heavy atom. The second kappa shape index (κ2) is 6.36. The van der Waals surface area contributed by atoms with Crippen molar-refractivity contribution in [3.63, 3.8) is 0 Å². The first-order valence-electron chi connectivity index (χ1n) is 7.51. The summed E-state index contributed by atoms with van der Waals surface area (Å²) in [7, 11) is 0. The molecule has 1 atom stereocenters. The standard InChI is InChI=1S/C16H20N4OS/c1-3-13(15-17-7-9-22-15)19-12-5-4-11(2)14(10-12)20-8-6-18-16(20)21/h4-5,7,9-10,13,19H,3,6,8H2,1-2H3,(H,18,21). The Hall–Kier alpha value is -2.08. The van der Waals surface area contributed by atoms with Gasteiger partial charge in [0.05, 0.1) is 11.7 Å². The summed E-state index contributed by atoms with van der Waals surface area (Å²) >= 11 is 1.66. The van der Waals surface area contributed by atoms with Crippen molar-refractivity contribution in [2.45, 2.75) is 26.3 Å². The minimum atomic E-state index is -0.0211. The fraction of sp³-hybridized carbons (Fsp3) is 0.375. The third kappa shape index (κ3) is 2.92. The summed E-state index contributed by atoms with van der Waals surface area (Å²) in [6.07, 6.45) is 2.79. The van der Waals surface area contributed by atoms with Crippen LogP contribution in [0.2, 0.25) is 0 Å². The molecular weight excluding hydrogens is 296 g/mol. The quantitative estimate of drug-likeness (QED) is 0.887. The van der Waals surface area contributed by atoms with Gasteiger partial charge in [-0.25, -0.2) is 9.78 Å². The molecule has 0 saturated carbocycles. The van der Waals surface area contributed by atoms with Crippen LogP contribution in [0.1, 0.15) is 30.0 Å². The molecule has 0 aliphatic carbocycles. The minimum absolute atomic E-state index is 0.0211. The molecule has 0 bridgehead atoms. The maximum Gasteiger partial charge on any atom is 0.322 e. The van der Waals surface area contributed by atoms with Gasteiger partial charge in [-0.3, -0.25) is 4.90 Å². The molecule has 0 radical (unpaired) electrons. The van der Waals surface area contributed by atoms with Crippen molar-refractivity contribution in [1.29, 1.82) is 0 Å². The van der Waals surface area contributed by atoms with E-state index in [1.807, 2.05) is 18.5 Å². The van der Waals surface area contributed by atoms with Crippen molar-refractivity contribution in [3.05, 3.63) is 40.3 Å². The van der Waals surface area contributed by atoms with Crippen LogP contribution in [-0.4, -0.2) is 24.1 Å². The Morgan fingerprint density at radius 1 is 1.50 bits per heavy atom. The third-order valence-electron chi connectivity index (χ3n) is 3.86. The highest BCUT2D eigenvalue weighted by Crippen LogP contribution is 2.29. The smallest absolute Gasteiger partial charge is 0.322 e. The summed E-state index contributed by atoms with van der Waals surface area (Å²) in [6, 6.07) is 6.34. The average molecular weight is 316 g/mol. The molecule has 2 N–H and O–H groups in total. The first-order chi connectivity index (χ1) is 10.7. The number of benzene rings is 1. The molecule has 1 unspecified atom stereocenters. The van der Waals surface area contributed by atoms with Gasteiger partial charge < -0.3 is 10.6 Å². The summed E-state index contributed by atoms with van der Waals surface area (Å²) < 4.78 is 0. The lowest BCUT2D eigenvalue weighted by Crippen LogP contribution is -2.28. The number of nitrogens with one attached hydrogen (secondary N) is 2. The zero-order valence-corrected chi connectivity index (χ0v) is 13.6. The monoisotopic (exact) mass is 316 g/mol. The lowest BCUT2D eigenvalue weighted by atomic mass is 10.1. The number of carbonyl (C=O) groups excluding carboxylic acids is 1. The van der Waals surface area contributed by atoms with Crippen LogP contribution in [0.25, 0.3) is 0 Å². The van der Waals surface area contributed by atoms with E-state index in [1.54, 1.807) is 16.2 Å². The number of amides is 2. The number of hydrogen-bond donors (Lipinski definition) is 2. The molecule has 3 rings (SSSR count). The van der Waals surface area contributed by atoms with Crippen LogP contribution in [0, 0.1) is 6.92 Å². The lowest BCUT2D eigenvalue weighted by Gasteiger charge is -2.21. The Labute approximate surface area is 134 Å². The van der Waals surface area contributed by atoms with Crippen molar-refractivity contribution in [1.82, 2.24) is 10.3 Å². The highest BCUT2D eigenvalue weighted by atomic mass is 32.1.